The van der Waals surface area contributed by atoms with Crippen LogP contribution in [0.15, 0.2) is 30.3 Å². The fraction of sp³-hybridized carbons (Fsp3) is 0.333. The molecule has 2 aromatic rings. The van der Waals surface area contributed by atoms with Crippen LogP contribution in [0.1, 0.15) is 33.4 Å². The normalized spacial score (nSPS) is 13.0. The molecule has 0 bridgehead atoms. The van der Waals surface area contributed by atoms with Crippen LogP contribution < -0.4 is 5.32 Å². The van der Waals surface area contributed by atoms with Crippen molar-refractivity contribution in [1.82, 2.24) is 15.1 Å². The van der Waals surface area contributed by atoms with Crippen molar-refractivity contribution in [2.24, 2.45) is 7.05 Å². The Balaban J connectivity index is 2.04. The molecule has 0 saturated heterocycles. The quantitative estimate of drug-likeness (QED) is 0.905. The van der Waals surface area contributed by atoms with Gasteiger partial charge in [0, 0.05) is 13.6 Å². The van der Waals surface area contributed by atoms with Crippen LogP contribution in [0.2, 0.25) is 0 Å². The number of rotatable bonds is 4. The molecule has 1 amide bonds. The molecule has 1 aromatic heterocycles. The van der Waals surface area contributed by atoms with E-state index < -0.39 is 23.8 Å². The Kier molecular flexibility index (Phi) is 4.74. The largest absolute Gasteiger partial charge is 0.416 e. The van der Waals surface area contributed by atoms with Gasteiger partial charge < -0.3 is 10.4 Å². The lowest BCUT2D eigenvalue weighted by Crippen LogP contribution is -2.30. The smallest absolute Gasteiger partial charge is 0.387 e. The summed E-state index contributed by atoms with van der Waals surface area (Å²) in [6.07, 6.45) is -5.72. The molecule has 23 heavy (non-hydrogen) atoms. The van der Waals surface area contributed by atoms with E-state index in [9.17, 15) is 23.1 Å². The summed E-state index contributed by atoms with van der Waals surface area (Å²) < 4.78 is 39.3. The molecule has 1 heterocycles. The van der Waals surface area contributed by atoms with Crippen molar-refractivity contribution in [3.63, 3.8) is 0 Å². The fourth-order valence-corrected chi connectivity index (χ4v) is 2.14. The molecule has 8 heteroatoms. The topological polar surface area (TPSA) is 67.2 Å². The number of carbonyl (C=O) groups excluding carboxylic acids is 1. The Bertz CT molecular complexity index is 710. The minimum Gasteiger partial charge on any atom is -0.387 e. The Morgan fingerprint density at radius 2 is 2.09 bits per heavy atom. The highest BCUT2D eigenvalue weighted by atomic mass is 19.4. The minimum absolute atomic E-state index is 0.0845. The molecule has 5 nitrogen and oxygen atoms in total. The molecular formula is C15H16F3N3O2. The van der Waals surface area contributed by atoms with E-state index in [4.69, 9.17) is 0 Å². The number of aryl methyl sites for hydroxylation is 2. The van der Waals surface area contributed by atoms with Crippen molar-refractivity contribution in [2.75, 3.05) is 6.54 Å². The maximum Gasteiger partial charge on any atom is 0.416 e. The van der Waals surface area contributed by atoms with E-state index in [1.54, 1.807) is 20.0 Å². The molecule has 1 unspecified atom stereocenters. The van der Waals surface area contributed by atoms with Crippen molar-refractivity contribution in [3.8, 4) is 0 Å². The number of nitrogens with one attached hydrogen (secondary N) is 1. The Morgan fingerprint density at radius 1 is 1.39 bits per heavy atom. The summed E-state index contributed by atoms with van der Waals surface area (Å²) >= 11 is 0. The predicted molar refractivity (Wildman–Crippen MR) is 76.7 cm³/mol. The average molecular weight is 327 g/mol. The Labute approximate surface area is 130 Å². The van der Waals surface area contributed by atoms with Crippen molar-refractivity contribution < 1.29 is 23.1 Å². The van der Waals surface area contributed by atoms with Gasteiger partial charge >= 0.3 is 6.18 Å². The van der Waals surface area contributed by atoms with Gasteiger partial charge in [-0.1, -0.05) is 12.1 Å². The maximum absolute atomic E-state index is 12.7. The lowest BCUT2D eigenvalue weighted by Gasteiger charge is -2.14. The summed E-state index contributed by atoms with van der Waals surface area (Å²) in [6, 6.07) is 5.96. The van der Waals surface area contributed by atoms with Gasteiger partial charge in [0.05, 0.1) is 17.4 Å². The highest BCUT2D eigenvalue weighted by molar-refractivity contribution is 5.92. The maximum atomic E-state index is 12.7. The number of halogens is 3. The molecular weight excluding hydrogens is 311 g/mol. The van der Waals surface area contributed by atoms with E-state index in [0.29, 0.717) is 11.4 Å². The summed E-state index contributed by atoms with van der Waals surface area (Å²) in [6.45, 7) is 1.53. The highest BCUT2D eigenvalue weighted by Gasteiger charge is 2.30. The first-order chi connectivity index (χ1) is 10.7. The third-order valence-corrected chi connectivity index (χ3v) is 3.29. The van der Waals surface area contributed by atoms with Gasteiger partial charge in [-0.3, -0.25) is 9.48 Å². The van der Waals surface area contributed by atoms with Gasteiger partial charge in [-0.2, -0.15) is 18.3 Å². The molecule has 0 aliphatic carbocycles. The Morgan fingerprint density at radius 3 is 2.65 bits per heavy atom. The predicted octanol–water partition coefficient (Wildman–Crippen LogP) is 2.21. The number of alkyl halides is 3. The lowest BCUT2D eigenvalue weighted by atomic mass is 10.1. The second-order valence-corrected chi connectivity index (χ2v) is 5.14. The van der Waals surface area contributed by atoms with Crippen LogP contribution >= 0.6 is 0 Å². The van der Waals surface area contributed by atoms with Crippen LogP contribution in [-0.4, -0.2) is 27.3 Å². The van der Waals surface area contributed by atoms with E-state index in [1.165, 1.54) is 16.8 Å². The number of aromatic nitrogens is 2. The van der Waals surface area contributed by atoms with Gasteiger partial charge in [0.15, 0.2) is 0 Å². The van der Waals surface area contributed by atoms with Gasteiger partial charge in [0.2, 0.25) is 0 Å². The summed E-state index contributed by atoms with van der Waals surface area (Å²) in [5, 5.41) is 16.5. The van der Waals surface area contributed by atoms with Gasteiger partial charge in [-0.05, 0) is 30.7 Å². The third-order valence-electron chi connectivity index (χ3n) is 3.29. The van der Waals surface area contributed by atoms with E-state index >= 15 is 0 Å². The van der Waals surface area contributed by atoms with Gasteiger partial charge in [0.1, 0.15) is 5.69 Å². The zero-order chi connectivity index (χ0) is 17.2. The average Bonchev–Trinajstić information content (AvgIpc) is 2.82. The van der Waals surface area contributed by atoms with Crippen LogP contribution in [-0.2, 0) is 13.2 Å². The van der Waals surface area contributed by atoms with E-state index in [-0.39, 0.29) is 12.1 Å². The number of aliphatic hydroxyl groups excluding tert-OH is 1. The van der Waals surface area contributed by atoms with Gasteiger partial charge in [-0.15, -0.1) is 0 Å². The number of amides is 1. The summed E-state index contributed by atoms with van der Waals surface area (Å²) in [5.74, 6) is -0.459. The molecule has 0 aliphatic rings. The standard InChI is InChI=1S/C15H16F3N3O2/c1-9-6-12(21(2)20-9)14(23)19-8-13(22)10-4-3-5-11(7-10)15(16,17)18/h3-7,13,22H,8H2,1-2H3,(H,19,23). The zero-order valence-corrected chi connectivity index (χ0v) is 12.6. The summed E-state index contributed by atoms with van der Waals surface area (Å²) in [4.78, 5) is 12.0. The molecule has 1 atom stereocenters. The second-order valence-electron chi connectivity index (χ2n) is 5.14. The number of benzene rings is 1. The number of hydrogen-bond acceptors (Lipinski definition) is 3. The van der Waals surface area contributed by atoms with Crippen LogP contribution in [0.3, 0.4) is 0 Å². The van der Waals surface area contributed by atoms with E-state index in [2.05, 4.69) is 10.4 Å². The van der Waals surface area contributed by atoms with Crippen LogP contribution in [0.4, 0.5) is 13.2 Å². The zero-order valence-electron chi connectivity index (χ0n) is 12.6. The number of nitrogens with zero attached hydrogens (tertiary/aromatic N) is 2. The summed E-state index contributed by atoms with van der Waals surface area (Å²) in [5.41, 5.74) is 0.207. The molecule has 0 aliphatic heterocycles. The van der Waals surface area contributed by atoms with Crippen molar-refractivity contribution >= 4 is 5.91 Å². The van der Waals surface area contributed by atoms with Gasteiger partial charge in [0.25, 0.3) is 5.91 Å². The first kappa shape index (κ1) is 17.0. The van der Waals surface area contributed by atoms with E-state index in [0.717, 1.165) is 12.1 Å². The van der Waals surface area contributed by atoms with Crippen LogP contribution in [0.25, 0.3) is 0 Å². The Hall–Kier alpha value is -2.35. The molecule has 0 spiro atoms. The van der Waals surface area contributed by atoms with Crippen LogP contribution in [0.5, 0.6) is 0 Å². The highest BCUT2D eigenvalue weighted by Crippen LogP contribution is 2.30. The monoisotopic (exact) mass is 327 g/mol. The fourth-order valence-electron chi connectivity index (χ4n) is 2.14. The minimum atomic E-state index is -4.48. The molecule has 0 fully saturated rings. The molecule has 0 saturated carbocycles. The molecule has 124 valence electrons. The number of hydrogen-bond donors (Lipinski definition) is 2. The number of aliphatic hydroxyl groups is 1. The molecule has 2 rings (SSSR count). The number of carbonyl (C=O) groups is 1. The molecule has 0 radical (unpaired) electrons. The van der Waals surface area contributed by atoms with Crippen molar-refractivity contribution in [3.05, 3.63) is 52.8 Å². The molecule has 2 N–H and O–H groups in total. The first-order valence-corrected chi connectivity index (χ1v) is 6.82. The summed E-state index contributed by atoms with van der Waals surface area (Å²) in [7, 11) is 1.60. The van der Waals surface area contributed by atoms with Crippen molar-refractivity contribution in [2.45, 2.75) is 19.2 Å². The van der Waals surface area contributed by atoms with E-state index in [1.807, 2.05) is 0 Å². The van der Waals surface area contributed by atoms with Crippen molar-refractivity contribution in [1.29, 1.82) is 0 Å². The third kappa shape index (κ3) is 4.10. The lowest BCUT2D eigenvalue weighted by molar-refractivity contribution is -0.137. The van der Waals surface area contributed by atoms with Gasteiger partial charge in [-0.25, -0.2) is 0 Å². The second kappa shape index (κ2) is 6.41. The molecule has 1 aromatic carbocycles. The SMILES string of the molecule is Cc1cc(C(=O)NCC(O)c2cccc(C(F)(F)F)c2)n(C)n1. The first-order valence-electron chi connectivity index (χ1n) is 6.82. The van der Waals surface area contributed by atoms with Crippen LogP contribution in [0, 0.1) is 6.92 Å².